The first kappa shape index (κ1) is 13.8. The third kappa shape index (κ3) is 2.57. The first-order chi connectivity index (χ1) is 10.1. The molecule has 0 amide bonds. The average Bonchev–Trinajstić information content (AvgIpc) is 3.22. The van der Waals surface area contributed by atoms with Crippen LogP contribution < -0.4 is 0 Å². The molecule has 2 unspecified atom stereocenters. The number of benzene rings is 2. The van der Waals surface area contributed by atoms with Gasteiger partial charge in [-0.1, -0.05) is 54.6 Å². The van der Waals surface area contributed by atoms with Crippen molar-refractivity contribution in [1.29, 1.82) is 0 Å². The van der Waals surface area contributed by atoms with Crippen LogP contribution in [0.1, 0.15) is 19.4 Å². The van der Waals surface area contributed by atoms with Crippen molar-refractivity contribution >= 4 is 5.97 Å². The predicted molar refractivity (Wildman–Crippen MR) is 80.7 cm³/mol. The van der Waals surface area contributed by atoms with Crippen LogP contribution in [0.3, 0.4) is 0 Å². The fraction of sp³-hybridized carbons (Fsp3) is 0.278. The third-order valence-corrected chi connectivity index (χ3v) is 3.87. The molecule has 0 radical (unpaired) electrons. The fourth-order valence-electron chi connectivity index (χ4n) is 2.55. The molecule has 0 aliphatic carbocycles. The van der Waals surface area contributed by atoms with Crippen LogP contribution in [0.25, 0.3) is 11.1 Å². The van der Waals surface area contributed by atoms with Crippen molar-refractivity contribution in [2.75, 3.05) is 6.61 Å². The molecule has 1 saturated heterocycles. The summed E-state index contributed by atoms with van der Waals surface area (Å²) in [6, 6.07) is 18.3. The number of carbonyl (C=O) groups is 1. The molecule has 2 aromatic carbocycles. The maximum absolute atomic E-state index is 11.7. The summed E-state index contributed by atoms with van der Waals surface area (Å²) in [5.74, 6) is -0.285. The van der Waals surface area contributed by atoms with Gasteiger partial charge in [-0.3, -0.25) is 0 Å². The number of esters is 1. The van der Waals surface area contributed by atoms with Gasteiger partial charge in [0, 0.05) is 0 Å². The van der Waals surface area contributed by atoms with E-state index in [0.29, 0.717) is 6.61 Å². The van der Waals surface area contributed by atoms with Gasteiger partial charge in [-0.05, 0) is 30.5 Å². The summed E-state index contributed by atoms with van der Waals surface area (Å²) in [6.07, 6.45) is -0.486. The molecule has 0 N–H and O–H groups in total. The van der Waals surface area contributed by atoms with E-state index in [1.54, 1.807) is 6.92 Å². The number of carbonyl (C=O) groups excluding carboxylic acids is 1. The molecule has 1 aliphatic rings. The van der Waals surface area contributed by atoms with E-state index >= 15 is 0 Å². The van der Waals surface area contributed by atoms with Crippen LogP contribution in [-0.2, 0) is 19.9 Å². The molecule has 0 spiro atoms. The third-order valence-electron chi connectivity index (χ3n) is 3.87. The Kier molecular flexibility index (Phi) is 3.52. The van der Waals surface area contributed by atoms with Crippen molar-refractivity contribution in [3.8, 4) is 11.1 Å². The van der Waals surface area contributed by atoms with Crippen molar-refractivity contribution in [1.82, 2.24) is 0 Å². The summed E-state index contributed by atoms with van der Waals surface area (Å²) < 4.78 is 10.6. The summed E-state index contributed by atoms with van der Waals surface area (Å²) >= 11 is 0. The van der Waals surface area contributed by atoms with E-state index in [2.05, 4.69) is 24.3 Å². The Morgan fingerprint density at radius 3 is 2.33 bits per heavy atom. The minimum atomic E-state index is -0.554. The predicted octanol–water partition coefficient (Wildman–Crippen LogP) is 3.53. The molecule has 0 saturated carbocycles. The lowest BCUT2D eigenvalue weighted by atomic mass is 9.95. The largest absolute Gasteiger partial charge is 0.464 e. The smallest absolute Gasteiger partial charge is 0.338 e. The molecular formula is C18H18O3. The monoisotopic (exact) mass is 282 g/mol. The molecule has 2 atom stereocenters. The van der Waals surface area contributed by atoms with Crippen LogP contribution in [0, 0.1) is 0 Å². The molecular weight excluding hydrogens is 264 g/mol. The zero-order valence-corrected chi connectivity index (χ0v) is 12.2. The molecule has 1 aliphatic heterocycles. The van der Waals surface area contributed by atoms with Crippen molar-refractivity contribution in [3.05, 3.63) is 60.2 Å². The minimum absolute atomic E-state index is 0.285. The Morgan fingerprint density at radius 1 is 1.10 bits per heavy atom. The Labute approximate surface area is 124 Å². The molecule has 0 bridgehead atoms. The van der Waals surface area contributed by atoms with Gasteiger partial charge in [0.2, 0.25) is 0 Å². The molecule has 2 aromatic rings. The number of ether oxygens (including phenoxy) is 2. The Balaban J connectivity index is 1.78. The topological polar surface area (TPSA) is 38.8 Å². The molecule has 3 rings (SSSR count). The first-order valence-corrected chi connectivity index (χ1v) is 7.15. The van der Waals surface area contributed by atoms with E-state index < -0.39 is 11.7 Å². The van der Waals surface area contributed by atoms with Gasteiger partial charge >= 0.3 is 5.97 Å². The Morgan fingerprint density at radius 2 is 1.71 bits per heavy atom. The molecule has 21 heavy (non-hydrogen) atoms. The van der Waals surface area contributed by atoms with Gasteiger partial charge in [-0.15, -0.1) is 0 Å². The highest BCUT2D eigenvalue weighted by molar-refractivity contribution is 5.80. The average molecular weight is 282 g/mol. The summed E-state index contributed by atoms with van der Waals surface area (Å²) in [5, 5.41) is 0. The highest BCUT2D eigenvalue weighted by Crippen LogP contribution is 2.46. The molecule has 1 fully saturated rings. The lowest BCUT2D eigenvalue weighted by Gasteiger charge is -2.08. The maximum Gasteiger partial charge on any atom is 0.338 e. The van der Waals surface area contributed by atoms with Crippen LogP contribution in [0.5, 0.6) is 0 Å². The maximum atomic E-state index is 11.7. The van der Waals surface area contributed by atoms with Gasteiger partial charge in [0.25, 0.3) is 0 Å². The number of epoxide rings is 1. The minimum Gasteiger partial charge on any atom is -0.464 e. The quantitative estimate of drug-likeness (QED) is 0.636. The summed E-state index contributed by atoms with van der Waals surface area (Å²) in [5.41, 5.74) is 2.77. The van der Waals surface area contributed by atoms with Gasteiger partial charge in [0.05, 0.1) is 6.61 Å². The van der Waals surface area contributed by atoms with Gasteiger partial charge in [-0.25, -0.2) is 4.79 Å². The van der Waals surface area contributed by atoms with E-state index in [-0.39, 0.29) is 5.97 Å². The van der Waals surface area contributed by atoms with Gasteiger partial charge < -0.3 is 9.47 Å². The van der Waals surface area contributed by atoms with E-state index in [4.69, 9.17) is 9.47 Å². The normalized spacial score (nSPS) is 23.6. The van der Waals surface area contributed by atoms with Crippen LogP contribution >= 0.6 is 0 Å². The van der Waals surface area contributed by atoms with Gasteiger partial charge in [-0.2, -0.15) is 0 Å². The van der Waals surface area contributed by atoms with Crippen molar-refractivity contribution in [2.24, 2.45) is 0 Å². The van der Waals surface area contributed by atoms with E-state index in [0.717, 1.165) is 11.1 Å². The second-order valence-corrected chi connectivity index (χ2v) is 5.30. The van der Waals surface area contributed by atoms with E-state index in [9.17, 15) is 4.79 Å². The number of hydrogen-bond donors (Lipinski definition) is 0. The second kappa shape index (κ2) is 5.34. The molecule has 3 nitrogen and oxygen atoms in total. The molecule has 3 heteroatoms. The van der Waals surface area contributed by atoms with Gasteiger partial charge in [0.15, 0.2) is 6.10 Å². The highest BCUT2D eigenvalue weighted by atomic mass is 16.7. The molecule has 0 aromatic heterocycles. The van der Waals surface area contributed by atoms with E-state index in [1.807, 2.05) is 37.3 Å². The molecule has 1 heterocycles. The molecule has 108 valence electrons. The number of rotatable bonds is 4. The first-order valence-electron chi connectivity index (χ1n) is 7.15. The second-order valence-electron chi connectivity index (χ2n) is 5.30. The van der Waals surface area contributed by atoms with Crippen LogP contribution in [0.15, 0.2) is 54.6 Å². The zero-order chi connectivity index (χ0) is 14.9. The van der Waals surface area contributed by atoms with Crippen molar-refractivity contribution in [2.45, 2.75) is 25.6 Å². The number of hydrogen-bond acceptors (Lipinski definition) is 3. The standard InChI is InChI=1S/C18H18O3/c1-3-20-17(19)16-18(2,21-16)15-11-9-14(10-12-15)13-7-5-4-6-8-13/h4-12,16H,3H2,1-2H3. The highest BCUT2D eigenvalue weighted by Gasteiger charge is 2.59. The Bertz CT molecular complexity index is 633. The lowest BCUT2D eigenvalue weighted by Crippen LogP contribution is -2.18. The fourth-order valence-corrected chi connectivity index (χ4v) is 2.55. The van der Waals surface area contributed by atoms with Crippen LogP contribution in [-0.4, -0.2) is 18.7 Å². The van der Waals surface area contributed by atoms with E-state index in [1.165, 1.54) is 5.56 Å². The van der Waals surface area contributed by atoms with Crippen molar-refractivity contribution < 1.29 is 14.3 Å². The van der Waals surface area contributed by atoms with Crippen LogP contribution in [0.4, 0.5) is 0 Å². The Hall–Kier alpha value is -2.13. The van der Waals surface area contributed by atoms with Gasteiger partial charge in [0.1, 0.15) is 5.60 Å². The van der Waals surface area contributed by atoms with Crippen LogP contribution in [0.2, 0.25) is 0 Å². The zero-order valence-electron chi connectivity index (χ0n) is 12.2. The lowest BCUT2D eigenvalue weighted by molar-refractivity contribution is -0.144. The summed E-state index contributed by atoms with van der Waals surface area (Å²) in [6.45, 7) is 4.10. The SMILES string of the molecule is CCOC(=O)C1OC1(C)c1ccc(-c2ccccc2)cc1. The summed E-state index contributed by atoms with van der Waals surface area (Å²) in [4.78, 5) is 11.7. The van der Waals surface area contributed by atoms with Crippen molar-refractivity contribution in [3.63, 3.8) is 0 Å². The summed E-state index contributed by atoms with van der Waals surface area (Å²) in [7, 11) is 0.